The van der Waals surface area contributed by atoms with Gasteiger partial charge in [0.15, 0.2) is 5.78 Å². The van der Waals surface area contributed by atoms with Gasteiger partial charge in [0.1, 0.15) is 10.8 Å². The molecule has 0 atom stereocenters. The zero-order valence-electron chi connectivity index (χ0n) is 22.9. The number of rotatable bonds is 7. The number of hydrogen-bond acceptors (Lipinski definition) is 6. The summed E-state index contributed by atoms with van der Waals surface area (Å²) in [6.45, 7) is 6.26. The van der Waals surface area contributed by atoms with E-state index >= 15 is 0 Å². The van der Waals surface area contributed by atoms with Crippen LogP contribution in [-0.2, 0) is 6.42 Å². The number of anilines is 1. The number of ketones is 1. The van der Waals surface area contributed by atoms with Crippen molar-refractivity contribution in [3.63, 3.8) is 0 Å². The number of aryl methyl sites for hydroxylation is 1. The van der Waals surface area contributed by atoms with E-state index < -0.39 is 0 Å². The van der Waals surface area contributed by atoms with E-state index in [0.717, 1.165) is 33.9 Å². The molecule has 0 saturated heterocycles. The molecule has 1 aliphatic heterocycles. The molecule has 6 nitrogen and oxygen atoms in total. The average molecular weight is 550 g/mol. The van der Waals surface area contributed by atoms with Crippen LogP contribution in [0.3, 0.4) is 0 Å². The number of carbonyl (C=O) groups excluding carboxylic acids is 2. The molecule has 2 N–H and O–H groups in total. The SMILES string of the molecule is COc1ccc2c(c1)C(=CC(=O)c1ccc(NC(=O)c3cccnc3Sc3ccc(C)cc3)cc1)NC(C)(C)C2. The zero-order chi connectivity index (χ0) is 28.3. The summed E-state index contributed by atoms with van der Waals surface area (Å²) < 4.78 is 5.41. The first-order valence-corrected chi connectivity index (χ1v) is 13.8. The van der Waals surface area contributed by atoms with Gasteiger partial charge in [0, 0.05) is 45.2 Å². The van der Waals surface area contributed by atoms with Gasteiger partial charge in [0.25, 0.3) is 5.91 Å². The number of benzene rings is 3. The third kappa shape index (κ3) is 6.26. The Kier molecular flexibility index (Phi) is 7.76. The molecule has 1 amide bonds. The van der Waals surface area contributed by atoms with Crippen LogP contribution in [0.25, 0.3) is 5.70 Å². The van der Waals surface area contributed by atoms with Crippen molar-refractivity contribution >= 4 is 34.8 Å². The molecule has 3 aromatic carbocycles. The van der Waals surface area contributed by atoms with Crippen LogP contribution in [0.2, 0.25) is 0 Å². The highest BCUT2D eigenvalue weighted by atomic mass is 32.2. The summed E-state index contributed by atoms with van der Waals surface area (Å²) in [5.74, 6) is 0.353. The van der Waals surface area contributed by atoms with Crippen LogP contribution in [0, 0.1) is 6.92 Å². The maximum absolute atomic E-state index is 13.2. The molecule has 0 aliphatic carbocycles. The van der Waals surface area contributed by atoms with Crippen molar-refractivity contribution in [1.82, 2.24) is 10.3 Å². The Morgan fingerprint density at radius 2 is 1.77 bits per heavy atom. The largest absolute Gasteiger partial charge is 0.497 e. The number of fused-ring (bicyclic) bond motifs is 1. The zero-order valence-corrected chi connectivity index (χ0v) is 23.8. The van der Waals surface area contributed by atoms with E-state index in [9.17, 15) is 9.59 Å². The van der Waals surface area contributed by atoms with Gasteiger partial charge in [0.2, 0.25) is 0 Å². The van der Waals surface area contributed by atoms with E-state index in [1.807, 2.05) is 43.3 Å². The predicted molar refractivity (Wildman–Crippen MR) is 160 cm³/mol. The maximum atomic E-state index is 13.2. The predicted octanol–water partition coefficient (Wildman–Crippen LogP) is 6.95. The fourth-order valence-corrected chi connectivity index (χ4v) is 5.53. The molecular weight excluding hydrogens is 518 g/mol. The summed E-state index contributed by atoms with van der Waals surface area (Å²) in [7, 11) is 1.63. The number of methoxy groups -OCH3 is 1. The molecule has 202 valence electrons. The van der Waals surface area contributed by atoms with Gasteiger partial charge in [-0.3, -0.25) is 9.59 Å². The highest BCUT2D eigenvalue weighted by molar-refractivity contribution is 7.99. The third-order valence-electron chi connectivity index (χ3n) is 6.67. The second-order valence-electron chi connectivity index (χ2n) is 10.4. The molecule has 0 unspecified atom stereocenters. The number of ether oxygens (including phenoxy) is 1. The molecule has 2 heterocycles. The van der Waals surface area contributed by atoms with Crippen molar-refractivity contribution in [2.24, 2.45) is 0 Å². The van der Waals surface area contributed by atoms with Gasteiger partial charge < -0.3 is 15.4 Å². The standard InChI is InChI=1S/C33H31N3O3S/c1-21-7-15-26(16-8-21)40-32-27(6-5-17-34-32)31(38)35-24-12-9-22(10-13-24)30(37)19-29-28-18-25(39-4)14-11-23(28)20-33(2,3)36-29/h5-19,36H,20H2,1-4H3,(H,35,38). The number of allylic oxidation sites excluding steroid dienone is 1. The lowest BCUT2D eigenvalue weighted by atomic mass is 9.85. The van der Waals surface area contributed by atoms with Gasteiger partial charge in [-0.1, -0.05) is 35.5 Å². The van der Waals surface area contributed by atoms with Gasteiger partial charge in [0.05, 0.1) is 12.7 Å². The Morgan fingerprint density at radius 3 is 2.50 bits per heavy atom. The van der Waals surface area contributed by atoms with Gasteiger partial charge >= 0.3 is 0 Å². The molecule has 0 spiro atoms. The lowest BCUT2D eigenvalue weighted by molar-refractivity contribution is 0.102. The van der Waals surface area contributed by atoms with Crippen LogP contribution >= 0.6 is 11.8 Å². The first-order valence-electron chi connectivity index (χ1n) is 13.0. The smallest absolute Gasteiger partial charge is 0.258 e. The summed E-state index contributed by atoms with van der Waals surface area (Å²) >= 11 is 1.45. The van der Waals surface area contributed by atoms with E-state index in [0.29, 0.717) is 21.8 Å². The van der Waals surface area contributed by atoms with Gasteiger partial charge in [-0.15, -0.1) is 0 Å². The van der Waals surface area contributed by atoms with Crippen molar-refractivity contribution < 1.29 is 14.3 Å². The van der Waals surface area contributed by atoms with Gasteiger partial charge in [-0.05, 0) is 93.4 Å². The molecule has 0 bridgehead atoms. The van der Waals surface area contributed by atoms with Gasteiger partial charge in [-0.25, -0.2) is 4.98 Å². The molecule has 0 radical (unpaired) electrons. The lowest BCUT2D eigenvalue weighted by Gasteiger charge is -2.35. The number of hydrogen-bond donors (Lipinski definition) is 2. The van der Waals surface area contributed by atoms with E-state index in [2.05, 4.69) is 35.5 Å². The second kappa shape index (κ2) is 11.4. The molecule has 40 heavy (non-hydrogen) atoms. The van der Waals surface area contributed by atoms with Crippen molar-refractivity contribution in [3.05, 3.63) is 119 Å². The van der Waals surface area contributed by atoms with E-state index in [4.69, 9.17) is 4.74 Å². The molecule has 1 aromatic heterocycles. The highest BCUT2D eigenvalue weighted by Crippen LogP contribution is 2.33. The fourth-order valence-electron chi connectivity index (χ4n) is 4.65. The second-order valence-corrected chi connectivity index (χ2v) is 11.5. The first-order chi connectivity index (χ1) is 19.2. The Morgan fingerprint density at radius 1 is 1.02 bits per heavy atom. The summed E-state index contributed by atoms with van der Waals surface area (Å²) in [5, 5.41) is 7.06. The van der Waals surface area contributed by atoms with Crippen LogP contribution in [0.5, 0.6) is 5.75 Å². The minimum absolute atomic E-state index is 0.129. The molecule has 0 fully saturated rings. The first kappa shape index (κ1) is 27.2. The topological polar surface area (TPSA) is 80.3 Å². The lowest BCUT2D eigenvalue weighted by Crippen LogP contribution is -2.43. The number of pyridine rings is 1. The van der Waals surface area contributed by atoms with Crippen molar-refractivity contribution in [2.75, 3.05) is 12.4 Å². The van der Waals surface area contributed by atoms with Crippen LogP contribution in [0.4, 0.5) is 5.69 Å². The molecule has 5 rings (SSSR count). The van der Waals surface area contributed by atoms with Crippen molar-refractivity contribution in [3.8, 4) is 5.75 Å². The molecule has 4 aromatic rings. The Bertz CT molecular complexity index is 1590. The van der Waals surface area contributed by atoms with Crippen LogP contribution < -0.4 is 15.4 Å². The summed E-state index contributed by atoms with van der Waals surface area (Å²) in [6, 6.07) is 24.5. The Hall–Kier alpha value is -4.36. The van der Waals surface area contributed by atoms with E-state index in [1.54, 1.807) is 55.8 Å². The molecular formula is C33H31N3O3S. The average Bonchev–Trinajstić information content (AvgIpc) is 2.94. The quantitative estimate of drug-likeness (QED) is 0.192. The minimum Gasteiger partial charge on any atom is -0.497 e. The molecule has 7 heteroatoms. The van der Waals surface area contributed by atoms with Crippen LogP contribution in [0.1, 0.15) is 51.3 Å². The van der Waals surface area contributed by atoms with E-state index in [1.165, 1.54) is 17.3 Å². The number of nitrogens with zero attached hydrogens (tertiary/aromatic N) is 1. The van der Waals surface area contributed by atoms with Gasteiger partial charge in [-0.2, -0.15) is 0 Å². The number of amides is 1. The minimum atomic E-state index is -0.261. The summed E-state index contributed by atoms with van der Waals surface area (Å²) in [5.41, 5.74) is 5.48. The number of carbonyl (C=O) groups is 2. The number of aromatic nitrogens is 1. The fraction of sp³-hybridized carbons (Fsp3) is 0.182. The van der Waals surface area contributed by atoms with Crippen LogP contribution in [0.15, 0.2) is 101 Å². The Balaban J connectivity index is 1.32. The third-order valence-corrected chi connectivity index (χ3v) is 7.69. The van der Waals surface area contributed by atoms with Crippen LogP contribution in [-0.4, -0.2) is 29.3 Å². The van der Waals surface area contributed by atoms with E-state index in [-0.39, 0.29) is 17.2 Å². The van der Waals surface area contributed by atoms with Crippen molar-refractivity contribution in [1.29, 1.82) is 0 Å². The molecule has 0 saturated carbocycles. The Labute approximate surface area is 238 Å². The highest BCUT2D eigenvalue weighted by Gasteiger charge is 2.28. The summed E-state index contributed by atoms with van der Waals surface area (Å²) in [4.78, 5) is 31.8. The maximum Gasteiger partial charge on any atom is 0.258 e. The van der Waals surface area contributed by atoms with Crippen molar-refractivity contribution in [2.45, 2.75) is 42.7 Å². The summed E-state index contributed by atoms with van der Waals surface area (Å²) in [6.07, 6.45) is 4.16. The molecule has 1 aliphatic rings. The normalized spacial score (nSPS) is 14.7. The monoisotopic (exact) mass is 549 g/mol. The number of nitrogens with one attached hydrogen (secondary N) is 2.